The molecule has 2 aromatic rings. The Kier molecular flexibility index (Phi) is 6.51. The van der Waals surface area contributed by atoms with Crippen molar-refractivity contribution in [1.82, 2.24) is 19.1 Å². The van der Waals surface area contributed by atoms with E-state index in [-0.39, 0.29) is 0 Å². The minimum atomic E-state index is 1.04. The van der Waals surface area contributed by atoms with E-state index in [1.165, 1.54) is 37.3 Å². The zero-order chi connectivity index (χ0) is 14.9. The van der Waals surface area contributed by atoms with Crippen LogP contribution in [0, 0.1) is 0 Å². The molecule has 116 valence electrons. The molecule has 0 aliphatic heterocycles. The molecule has 0 aromatic carbocycles. The molecule has 4 nitrogen and oxygen atoms in total. The van der Waals surface area contributed by atoms with E-state index in [9.17, 15) is 0 Å². The molecule has 0 aliphatic carbocycles. The summed E-state index contributed by atoms with van der Waals surface area (Å²) in [6, 6.07) is 0. The molecule has 0 N–H and O–H groups in total. The second-order valence-electron chi connectivity index (χ2n) is 5.63. The maximum atomic E-state index is 4.50. The monoisotopic (exact) mass is 288 g/mol. The van der Waals surface area contributed by atoms with E-state index < -0.39 is 0 Å². The number of imidazole rings is 2. The topological polar surface area (TPSA) is 35.6 Å². The fourth-order valence-corrected chi connectivity index (χ4v) is 2.61. The molecule has 0 saturated heterocycles. The number of hydrogen-bond donors (Lipinski definition) is 0. The van der Waals surface area contributed by atoms with Gasteiger partial charge in [-0.2, -0.15) is 0 Å². The van der Waals surface area contributed by atoms with Gasteiger partial charge in [-0.1, -0.05) is 26.7 Å². The highest BCUT2D eigenvalue weighted by molar-refractivity contribution is 4.96. The molecule has 0 fully saturated rings. The Balaban J connectivity index is 1.81. The van der Waals surface area contributed by atoms with Crippen molar-refractivity contribution < 1.29 is 0 Å². The van der Waals surface area contributed by atoms with Gasteiger partial charge in [-0.05, 0) is 19.3 Å². The summed E-state index contributed by atoms with van der Waals surface area (Å²) in [6.07, 6.45) is 16.2. The average Bonchev–Trinajstić information content (AvgIpc) is 3.12. The molecule has 0 unspecified atom stereocenters. The molecule has 0 bridgehead atoms. The number of hydrogen-bond acceptors (Lipinski definition) is 2. The smallest absolute Gasteiger partial charge is 0.108 e. The highest BCUT2D eigenvalue weighted by atomic mass is 15.1. The van der Waals surface area contributed by atoms with E-state index >= 15 is 0 Å². The van der Waals surface area contributed by atoms with E-state index in [2.05, 4.69) is 45.3 Å². The van der Waals surface area contributed by atoms with Crippen molar-refractivity contribution in [3.63, 3.8) is 0 Å². The zero-order valence-electron chi connectivity index (χ0n) is 13.5. The summed E-state index contributed by atoms with van der Waals surface area (Å²) >= 11 is 0. The average molecular weight is 288 g/mol. The first-order valence-corrected chi connectivity index (χ1v) is 8.35. The summed E-state index contributed by atoms with van der Waals surface area (Å²) in [5.74, 6) is 2.44. The summed E-state index contributed by atoms with van der Waals surface area (Å²) in [5, 5.41) is 0. The predicted molar refractivity (Wildman–Crippen MR) is 86.3 cm³/mol. The number of unbranched alkanes of at least 4 members (excludes halogenated alkanes) is 2. The van der Waals surface area contributed by atoms with Crippen LogP contribution < -0.4 is 0 Å². The van der Waals surface area contributed by atoms with E-state index in [0.717, 1.165) is 32.4 Å². The van der Waals surface area contributed by atoms with Crippen LogP contribution >= 0.6 is 0 Å². The molecule has 2 rings (SSSR count). The van der Waals surface area contributed by atoms with Crippen LogP contribution in [0.4, 0.5) is 0 Å². The van der Waals surface area contributed by atoms with E-state index in [4.69, 9.17) is 0 Å². The zero-order valence-corrected chi connectivity index (χ0v) is 13.5. The molecule has 0 atom stereocenters. The summed E-state index contributed by atoms with van der Waals surface area (Å²) < 4.78 is 4.60. The third kappa shape index (κ3) is 4.73. The predicted octanol–water partition coefficient (Wildman–Crippen LogP) is 3.86. The van der Waals surface area contributed by atoms with Crippen molar-refractivity contribution in [3.8, 4) is 0 Å². The van der Waals surface area contributed by atoms with Crippen molar-refractivity contribution in [1.29, 1.82) is 0 Å². The van der Waals surface area contributed by atoms with Crippen molar-refractivity contribution in [3.05, 3.63) is 36.4 Å². The van der Waals surface area contributed by atoms with Crippen LogP contribution in [0.2, 0.25) is 0 Å². The van der Waals surface area contributed by atoms with Crippen LogP contribution in [-0.4, -0.2) is 19.1 Å². The fraction of sp³-hybridized carbons (Fsp3) is 0.647. The summed E-state index contributed by atoms with van der Waals surface area (Å²) in [5.41, 5.74) is 0. The molecule has 0 amide bonds. The van der Waals surface area contributed by atoms with Crippen molar-refractivity contribution >= 4 is 0 Å². The van der Waals surface area contributed by atoms with Crippen molar-refractivity contribution in [2.75, 3.05) is 0 Å². The quantitative estimate of drug-likeness (QED) is 0.665. The van der Waals surface area contributed by atoms with Gasteiger partial charge < -0.3 is 9.13 Å². The lowest BCUT2D eigenvalue weighted by atomic mass is 10.2. The molecule has 4 heteroatoms. The largest absolute Gasteiger partial charge is 0.335 e. The molecular weight excluding hydrogens is 260 g/mol. The molecule has 2 heterocycles. The highest BCUT2D eigenvalue weighted by Gasteiger charge is 2.05. The Morgan fingerprint density at radius 3 is 1.67 bits per heavy atom. The van der Waals surface area contributed by atoms with Gasteiger partial charge in [0.2, 0.25) is 0 Å². The third-order valence-corrected chi connectivity index (χ3v) is 3.91. The van der Waals surface area contributed by atoms with Crippen LogP contribution in [0.5, 0.6) is 0 Å². The van der Waals surface area contributed by atoms with Gasteiger partial charge in [0.1, 0.15) is 11.6 Å². The van der Waals surface area contributed by atoms with Gasteiger partial charge in [0, 0.05) is 50.7 Å². The van der Waals surface area contributed by atoms with Gasteiger partial charge in [-0.3, -0.25) is 0 Å². The fourth-order valence-electron chi connectivity index (χ4n) is 2.61. The van der Waals surface area contributed by atoms with Crippen LogP contribution in [0.15, 0.2) is 24.8 Å². The summed E-state index contributed by atoms with van der Waals surface area (Å²) in [4.78, 5) is 8.99. The molecular formula is C17H28N4. The Morgan fingerprint density at radius 2 is 1.24 bits per heavy atom. The molecule has 0 saturated carbocycles. The standard InChI is InChI=1S/C17H28N4/c1-3-5-12-20-14-10-18-16(20)8-7-9-17-19-11-15-21(17)13-6-4-2/h10-11,14-15H,3-9,12-13H2,1-2H3. The molecule has 0 aliphatic rings. The number of aromatic nitrogens is 4. The van der Waals surface area contributed by atoms with Crippen LogP contribution in [0.3, 0.4) is 0 Å². The van der Waals surface area contributed by atoms with Gasteiger partial charge in [-0.25, -0.2) is 9.97 Å². The summed E-state index contributed by atoms with van der Waals surface area (Å²) in [7, 11) is 0. The first-order chi connectivity index (χ1) is 10.3. The second kappa shape index (κ2) is 8.65. The van der Waals surface area contributed by atoms with Gasteiger partial charge in [0.25, 0.3) is 0 Å². The maximum absolute atomic E-state index is 4.50. The van der Waals surface area contributed by atoms with Gasteiger partial charge in [0.05, 0.1) is 0 Å². The van der Waals surface area contributed by atoms with Gasteiger partial charge in [-0.15, -0.1) is 0 Å². The van der Waals surface area contributed by atoms with Crippen molar-refractivity contribution in [2.24, 2.45) is 0 Å². The summed E-state index contributed by atoms with van der Waals surface area (Å²) in [6.45, 7) is 6.65. The van der Waals surface area contributed by atoms with Crippen LogP contribution in [0.25, 0.3) is 0 Å². The first kappa shape index (κ1) is 15.8. The molecule has 0 radical (unpaired) electrons. The highest BCUT2D eigenvalue weighted by Crippen LogP contribution is 2.09. The lowest BCUT2D eigenvalue weighted by Gasteiger charge is -2.08. The number of aryl methyl sites for hydroxylation is 4. The van der Waals surface area contributed by atoms with E-state index in [0.29, 0.717) is 0 Å². The maximum Gasteiger partial charge on any atom is 0.108 e. The van der Waals surface area contributed by atoms with E-state index in [1.54, 1.807) is 0 Å². The minimum Gasteiger partial charge on any atom is -0.335 e. The van der Waals surface area contributed by atoms with Crippen molar-refractivity contribution in [2.45, 2.75) is 71.9 Å². The Labute approximate surface area is 128 Å². The van der Waals surface area contributed by atoms with E-state index in [1.807, 2.05) is 12.4 Å². The Bertz CT molecular complexity index is 466. The SMILES string of the molecule is CCCCn1ccnc1CCCc1nccn1CCCC. The van der Waals surface area contributed by atoms with Crippen LogP contribution in [0.1, 0.15) is 57.6 Å². The van der Waals surface area contributed by atoms with Crippen LogP contribution in [-0.2, 0) is 25.9 Å². The Morgan fingerprint density at radius 1 is 0.762 bits per heavy atom. The van der Waals surface area contributed by atoms with Gasteiger partial charge >= 0.3 is 0 Å². The second-order valence-corrected chi connectivity index (χ2v) is 5.63. The molecule has 0 spiro atoms. The third-order valence-electron chi connectivity index (χ3n) is 3.91. The molecule has 21 heavy (non-hydrogen) atoms. The number of rotatable bonds is 10. The lowest BCUT2D eigenvalue weighted by molar-refractivity contribution is 0.573. The Hall–Kier alpha value is -1.58. The number of nitrogens with zero attached hydrogens (tertiary/aromatic N) is 4. The minimum absolute atomic E-state index is 1.04. The van der Waals surface area contributed by atoms with Gasteiger partial charge in [0.15, 0.2) is 0 Å². The normalized spacial score (nSPS) is 11.1. The molecule has 2 aromatic heterocycles. The lowest BCUT2D eigenvalue weighted by Crippen LogP contribution is -2.06. The first-order valence-electron chi connectivity index (χ1n) is 8.35.